The van der Waals surface area contributed by atoms with E-state index in [1.54, 1.807) is 0 Å². The van der Waals surface area contributed by atoms with Gasteiger partial charge in [-0.1, -0.05) is 39.7 Å². The van der Waals surface area contributed by atoms with Gasteiger partial charge >= 0.3 is 0 Å². The normalized spacial score (nSPS) is 10.3. The topological polar surface area (TPSA) is 12.0 Å². The molecular formula is C14H13BrClN. The van der Waals surface area contributed by atoms with Crippen LogP contribution in [0.3, 0.4) is 0 Å². The van der Waals surface area contributed by atoms with Crippen molar-refractivity contribution in [3.63, 3.8) is 0 Å². The van der Waals surface area contributed by atoms with Crippen LogP contribution in [0.4, 0.5) is 5.69 Å². The summed E-state index contributed by atoms with van der Waals surface area (Å²) in [6.07, 6.45) is 0. The minimum absolute atomic E-state index is 0.758. The highest BCUT2D eigenvalue weighted by molar-refractivity contribution is 9.10. The number of hydrogen-bond donors (Lipinski definition) is 1. The Labute approximate surface area is 115 Å². The van der Waals surface area contributed by atoms with Crippen LogP contribution in [0.1, 0.15) is 11.1 Å². The molecule has 1 N–H and O–H groups in total. The monoisotopic (exact) mass is 309 g/mol. The first kappa shape index (κ1) is 12.5. The first-order valence-corrected chi connectivity index (χ1v) is 6.57. The van der Waals surface area contributed by atoms with Gasteiger partial charge in [-0.25, -0.2) is 0 Å². The van der Waals surface area contributed by atoms with Crippen molar-refractivity contribution in [2.24, 2.45) is 0 Å². The van der Waals surface area contributed by atoms with E-state index in [4.69, 9.17) is 11.6 Å². The first-order valence-electron chi connectivity index (χ1n) is 5.39. The molecule has 2 aromatic rings. The molecule has 0 bridgehead atoms. The van der Waals surface area contributed by atoms with E-state index in [-0.39, 0.29) is 0 Å². The summed E-state index contributed by atoms with van der Waals surface area (Å²) < 4.78 is 1.15. The van der Waals surface area contributed by atoms with Gasteiger partial charge in [0, 0.05) is 21.7 Å². The molecular weight excluding hydrogens is 298 g/mol. The summed E-state index contributed by atoms with van der Waals surface area (Å²) in [4.78, 5) is 0. The zero-order valence-electron chi connectivity index (χ0n) is 9.50. The fourth-order valence-electron chi connectivity index (χ4n) is 1.52. The predicted molar refractivity (Wildman–Crippen MR) is 77.7 cm³/mol. The van der Waals surface area contributed by atoms with Crippen LogP contribution >= 0.6 is 27.5 Å². The van der Waals surface area contributed by atoms with Gasteiger partial charge in [0.1, 0.15) is 0 Å². The number of halogens is 2. The van der Waals surface area contributed by atoms with Crippen LogP contribution in [-0.4, -0.2) is 0 Å². The molecule has 0 heterocycles. The maximum Gasteiger partial charge on any atom is 0.0407 e. The molecule has 1 nitrogen and oxygen atoms in total. The highest BCUT2D eigenvalue weighted by atomic mass is 79.9. The van der Waals surface area contributed by atoms with Crippen LogP contribution in [-0.2, 0) is 6.54 Å². The quantitative estimate of drug-likeness (QED) is 0.839. The van der Waals surface area contributed by atoms with Crippen LogP contribution in [0.2, 0.25) is 5.02 Å². The third-order valence-electron chi connectivity index (χ3n) is 2.58. The van der Waals surface area contributed by atoms with Crippen molar-refractivity contribution in [2.75, 3.05) is 5.32 Å². The molecule has 0 aliphatic rings. The Morgan fingerprint density at radius 1 is 1.12 bits per heavy atom. The zero-order valence-corrected chi connectivity index (χ0v) is 11.8. The molecule has 88 valence electrons. The summed E-state index contributed by atoms with van der Waals surface area (Å²) >= 11 is 9.37. The van der Waals surface area contributed by atoms with E-state index in [9.17, 15) is 0 Å². The van der Waals surface area contributed by atoms with E-state index in [1.165, 1.54) is 11.1 Å². The van der Waals surface area contributed by atoms with E-state index < -0.39 is 0 Å². The summed E-state index contributed by atoms with van der Waals surface area (Å²) in [7, 11) is 0. The molecule has 0 aliphatic carbocycles. The van der Waals surface area contributed by atoms with Crippen LogP contribution in [0.5, 0.6) is 0 Å². The Kier molecular flexibility index (Phi) is 4.08. The highest BCUT2D eigenvalue weighted by Gasteiger charge is 1.98. The molecule has 17 heavy (non-hydrogen) atoms. The Bertz CT molecular complexity index is 508. The molecule has 0 atom stereocenters. The van der Waals surface area contributed by atoms with Gasteiger partial charge in [-0.05, 0) is 48.4 Å². The van der Waals surface area contributed by atoms with Crippen molar-refractivity contribution in [2.45, 2.75) is 13.5 Å². The Morgan fingerprint density at radius 2 is 1.82 bits per heavy atom. The SMILES string of the molecule is Cc1ccc(CNc2ccc(Cl)cc2)cc1Br. The van der Waals surface area contributed by atoms with Gasteiger partial charge in [-0.2, -0.15) is 0 Å². The Hall–Kier alpha value is -0.990. The van der Waals surface area contributed by atoms with E-state index in [0.29, 0.717) is 0 Å². The summed E-state index contributed by atoms with van der Waals surface area (Å²) in [5, 5.41) is 4.11. The predicted octanol–water partition coefficient (Wildman–Crippen LogP) is 5.02. The van der Waals surface area contributed by atoms with Gasteiger partial charge in [0.25, 0.3) is 0 Å². The third kappa shape index (κ3) is 3.48. The van der Waals surface area contributed by atoms with Crippen molar-refractivity contribution < 1.29 is 0 Å². The Balaban J connectivity index is 2.02. The summed E-state index contributed by atoms with van der Waals surface area (Å²) in [5.41, 5.74) is 3.57. The molecule has 2 rings (SSSR count). The van der Waals surface area contributed by atoms with Crippen LogP contribution in [0.15, 0.2) is 46.9 Å². The smallest absolute Gasteiger partial charge is 0.0407 e. The van der Waals surface area contributed by atoms with E-state index in [1.807, 2.05) is 24.3 Å². The number of aryl methyl sites for hydroxylation is 1. The second-order valence-corrected chi connectivity index (χ2v) is 5.23. The first-order chi connectivity index (χ1) is 8.15. The van der Waals surface area contributed by atoms with E-state index >= 15 is 0 Å². The summed E-state index contributed by atoms with van der Waals surface area (Å²) in [6, 6.07) is 14.1. The Morgan fingerprint density at radius 3 is 2.47 bits per heavy atom. The third-order valence-corrected chi connectivity index (χ3v) is 3.68. The maximum atomic E-state index is 5.83. The van der Waals surface area contributed by atoms with E-state index in [0.717, 1.165) is 21.7 Å². The van der Waals surface area contributed by atoms with Crippen molar-refractivity contribution in [3.8, 4) is 0 Å². The molecule has 0 fully saturated rings. The van der Waals surface area contributed by atoms with Gasteiger partial charge in [-0.3, -0.25) is 0 Å². The largest absolute Gasteiger partial charge is 0.381 e. The second-order valence-electron chi connectivity index (χ2n) is 3.94. The average molecular weight is 311 g/mol. The molecule has 3 heteroatoms. The molecule has 2 aromatic carbocycles. The zero-order chi connectivity index (χ0) is 12.3. The second kappa shape index (κ2) is 5.56. The van der Waals surface area contributed by atoms with Gasteiger partial charge in [0.2, 0.25) is 0 Å². The van der Waals surface area contributed by atoms with Crippen LogP contribution in [0.25, 0.3) is 0 Å². The van der Waals surface area contributed by atoms with Gasteiger partial charge in [-0.15, -0.1) is 0 Å². The number of rotatable bonds is 3. The lowest BCUT2D eigenvalue weighted by Gasteiger charge is -2.08. The van der Waals surface area contributed by atoms with Crippen LogP contribution < -0.4 is 5.32 Å². The highest BCUT2D eigenvalue weighted by Crippen LogP contribution is 2.19. The lowest BCUT2D eigenvalue weighted by Crippen LogP contribution is -1.99. The fraction of sp³-hybridized carbons (Fsp3) is 0.143. The standard InChI is InChI=1S/C14H13BrClN/c1-10-2-3-11(8-14(10)15)9-17-13-6-4-12(16)5-7-13/h2-8,17H,9H2,1H3. The lowest BCUT2D eigenvalue weighted by atomic mass is 10.1. The molecule has 0 aromatic heterocycles. The van der Waals surface area contributed by atoms with Gasteiger partial charge in [0.05, 0.1) is 0 Å². The minimum atomic E-state index is 0.758. The van der Waals surface area contributed by atoms with Gasteiger partial charge < -0.3 is 5.32 Å². The molecule has 0 spiro atoms. The molecule has 0 saturated heterocycles. The molecule has 0 unspecified atom stereocenters. The number of anilines is 1. The molecule has 0 saturated carbocycles. The fourth-order valence-corrected chi connectivity index (χ4v) is 2.07. The van der Waals surface area contributed by atoms with Crippen LogP contribution in [0, 0.1) is 6.92 Å². The lowest BCUT2D eigenvalue weighted by molar-refractivity contribution is 1.14. The van der Waals surface area contributed by atoms with Gasteiger partial charge in [0.15, 0.2) is 0 Å². The average Bonchev–Trinajstić information content (AvgIpc) is 2.33. The van der Waals surface area contributed by atoms with E-state index in [2.05, 4.69) is 46.4 Å². The minimum Gasteiger partial charge on any atom is -0.381 e. The number of benzene rings is 2. The maximum absolute atomic E-state index is 5.83. The van der Waals surface area contributed by atoms with Crippen molar-refractivity contribution in [1.29, 1.82) is 0 Å². The summed E-state index contributed by atoms with van der Waals surface area (Å²) in [5.74, 6) is 0. The number of hydrogen-bond acceptors (Lipinski definition) is 1. The summed E-state index contributed by atoms with van der Waals surface area (Å²) in [6.45, 7) is 2.89. The molecule has 0 aliphatic heterocycles. The molecule has 0 amide bonds. The van der Waals surface area contributed by atoms with Crippen molar-refractivity contribution in [3.05, 3.63) is 63.1 Å². The van der Waals surface area contributed by atoms with Crippen molar-refractivity contribution >= 4 is 33.2 Å². The van der Waals surface area contributed by atoms with Crippen molar-refractivity contribution in [1.82, 2.24) is 0 Å². The number of nitrogens with one attached hydrogen (secondary N) is 1. The molecule has 0 radical (unpaired) electrons.